The van der Waals surface area contributed by atoms with Gasteiger partial charge in [-0.1, -0.05) is 17.7 Å². The molecule has 0 radical (unpaired) electrons. The summed E-state index contributed by atoms with van der Waals surface area (Å²) < 4.78 is 5.27. The van der Waals surface area contributed by atoms with Gasteiger partial charge in [0.1, 0.15) is 11.6 Å². The molecule has 0 aromatic heterocycles. The van der Waals surface area contributed by atoms with Crippen LogP contribution in [0.1, 0.15) is 31.1 Å². The number of rotatable bonds is 2. The van der Waals surface area contributed by atoms with E-state index in [1.807, 2.05) is 0 Å². The largest absolute Gasteiger partial charge is 0.480 e. The van der Waals surface area contributed by atoms with Crippen LogP contribution in [0.25, 0.3) is 0 Å². The van der Waals surface area contributed by atoms with Gasteiger partial charge in [0, 0.05) is 23.7 Å². The van der Waals surface area contributed by atoms with Crippen molar-refractivity contribution in [3.05, 3.63) is 34.9 Å². The molecule has 0 aliphatic carbocycles. The van der Waals surface area contributed by atoms with E-state index in [-0.39, 0.29) is 19.6 Å². The Bertz CT molecular complexity index is 686. The summed E-state index contributed by atoms with van der Waals surface area (Å²) in [5.74, 6) is -1.61. The highest BCUT2D eigenvalue weighted by molar-refractivity contribution is 6.31. The third-order valence-corrected chi connectivity index (χ3v) is 3.88. The van der Waals surface area contributed by atoms with Crippen LogP contribution in [0.15, 0.2) is 24.3 Å². The van der Waals surface area contributed by atoms with Gasteiger partial charge in [-0.15, -0.1) is 0 Å². The molecule has 25 heavy (non-hydrogen) atoms. The quantitative estimate of drug-likeness (QED) is 0.866. The first-order valence-corrected chi connectivity index (χ1v) is 8.23. The van der Waals surface area contributed by atoms with Gasteiger partial charge in [-0.2, -0.15) is 0 Å². The molecule has 1 fully saturated rings. The molecule has 1 aliphatic heterocycles. The third-order valence-electron chi connectivity index (χ3n) is 3.65. The van der Waals surface area contributed by atoms with E-state index >= 15 is 0 Å². The molecule has 1 aliphatic rings. The molecule has 1 aromatic rings. The fourth-order valence-corrected chi connectivity index (χ4v) is 2.71. The lowest BCUT2D eigenvalue weighted by Crippen LogP contribution is -2.59. The molecular weight excluding hydrogens is 348 g/mol. The summed E-state index contributed by atoms with van der Waals surface area (Å²) in [7, 11) is 0. The second-order valence-corrected chi connectivity index (χ2v) is 7.23. The molecule has 0 spiro atoms. The third kappa shape index (κ3) is 4.85. The summed E-state index contributed by atoms with van der Waals surface area (Å²) in [6.45, 7) is 5.37. The number of hydrogen-bond donors (Lipinski definition) is 1. The van der Waals surface area contributed by atoms with E-state index in [4.69, 9.17) is 16.3 Å². The number of carbonyl (C=O) groups is 3. The number of amides is 2. The van der Waals surface area contributed by atoms with Crippen LogP contribution in [0.2, 0.25) is 5.02 Å². The topological polar surface area (TPSA) is 87.2 Å². The molecule has 1 N–H and O–H groups in total. The Morgan fingerprint density at radius 3 is 2.48 bits per heavy atom. The maximum Gasteiger partial charge on any atom is 0.410 e. The van der Waals surface area contributed by atoms with Gasteiger partial charge in [0.2, 0.25) is 0 Å². The molecule has 0 unspecified atom stereocenters. The van der Waals surface area contributed by atoms with Crippen LogP contribution >= 0.6 is 11.6 Å². The van der Waals surface area contributed by atoms with Crippen molar-refractivity contribution in [3.8, 4) is 0 Å². The van der Waals surface area contributed by atoms with Crippen molar-refractivity contribution in [3.63, 3.8) is 0 Å². The number of aliphatic carboxylic acids is 1. The van der Waals surface area contributed by atoms with Crippen molar-refractivity contribution in [2.75, 3.05) is 19.6 Å². The predicted octanol–water partition coefficient (Wildman–Crippen LogP) is 2.49. The number of piperazine rings is 1. The highest BCUT2D eigenvalue weighted by Crippen LogP contribution is 2.19. The van der Waals surface area contributed by atoms with Crippen LogP contribution in [0.3, 0.4) is 0 Å². The predicted molar refractivity (Wildman–Crippen MR) is 91.7 cm³/mol. The molecule has 7 nitrogen and oxygen atoms in total. The summed E-state index contributed by atoms with van der Waals surface area (Å²) >= 11 is 5.90. The van der Waals surface area contributed by atoms with Gasteiger partial charge >= 0.3 is 12.1 Å². The smallest absolute Gasteiger partial charge is 0.410 e. The first-order chi connectivity index (χ1) is 11.6. The van der Waals surface area contributed by atoms with Crippen molar-refractivity contribution in [1.29, 1.82) is 0 Å². The fourth-order valence-electron chi connectivity index (χ4n) is 2.52. The number of hydrogen-bond acceptors (Lipinski definition) is 4. The standard InChI is InChI=1S/C17H21ClN2O5/c1-17(2,3)25-16(24)19-7-8-20(13(10-19)15(22)23)14(21)11-5-4-6-12(18)9-11/h4-6,9,13H,7-8,10H2,1-3H3,(H,22,23)/t13-/m1/s1. The Balaban J connectivity index is 2.16. The number of carboxylic acid groups (broad SMARTS) is 1. The fraction of sp³-hybridized carbons (Fsp3) is 0.471. The molecule has 1 atom stereocenters. The van der Waals surface area contributed by atoms with Crippen LogP contribution in [-0.4, -0.2) is 64.2 Å². The Morgan fingerprint density at radius 2 is 1.92 bits per heavy atom. The minimum atomic E-state index is -1.18. The molecule has 1 heterocycles. The van der Waals surface area contributed by atoms with E-state index in [0.29, 0.717) is 10.6 Å². The Morgan fingerprint density at radius 1 is 1.24 bits per heavy atom. The van der Waals surface area contributed by atoms with Crippen LogP contribution in [0.4, 0.5) is 4.79 Å². The molecule has 0 saturated carbocycles. The molecule has 1 aromatic carbocycles. The van der Waals surface area contributed by atoms with E-state index in [0.717, 1.165) is 0 Å². The van der Waals surface area contributed by atoms with E-state index < -0.39 is 29.6 Å². The van der Waals surface area contributed by atoms with Crippen molar-refractivity contribution < 1.29 is 24.2 Å². The van der Waals surface area contributed by atoms with Crippen LogP contribution in [-0.2, 0) is 9.53 Å². The average Bonchev–Trinajstić information content (AvgIpc) is 2.52. The van der Waals surface area contributed by atoms with Gasteiger partial charge in [-0.25, -0.2) is 9.59 Å². The van der Waals surface area contributed by atoms with E-state index in [9.17, 15) is 19.5 Å². The minimum absolute atomic E-state index is 0.0988. The van der Waals surface area contributed by atoms with E-state index in [2.05, 4.69) is 0 Å². The first kappa shape index (κ1) is 19.1. The zero-order chi connectivity index (χ0) is 18.8. The van der Waals surface area contributed by atoms with Gasteiger partial charge in [0.15, 0.2) is 0 Å². The minimum Gasteiger partial charge on any atom is -0.480 e. The molecule has 8 heteroatoms. The summed E-state index contributed by atoms with van der Waals surface area (Å²) in [4.78, 5) is 39.0. The lowest BCUT2D eigenvalue weighted by Gasteiger charge is -2.39. The van der Waals surface area contributed by atoms with E-state index in [1.165, 1.54) is 15.9 Å². The van der Waals surface area contributed by atoms with Gasteiger partial charge in [0.25, 0.3) is 5.91 Å². The average molecular weight is 369 g/mol. The van der Waals surface area contributed by atoms with Crippen LogP contribution < -0.4 is 0 Å². The van der Waals surface area contributed by atoms with Crippen molar-refractivity contribution in [2.45, 2.75) is 32.4 Å². The normalized spacial score (nSPS) is 18.0. The van der Waals surface area contributed by atoms with Gasteiger partial charge < -0.3 is 19.6 Å². The summed E-state index contributed by atoms with van der Waals surface area (Å²) in [6.07, 6.45) is -0.589. The Kier molecular flexibility index (Phi) is 5.57. The number of nitrogens with zero attached hydrogens (tertiary/aromatic N) is 2. The van der Waals surface area contributed by atoms with Crippen LogP contribution in [0, 0.1) is 0 Å². The molecular formula is C17H21ClN2O5. The van der Waals surface area contributed by atoms with Crippen molar-refractivity contribution in [2.24, 2.45) is 0 Å². The summed E-state index contributed by atoms with van der Waals surface area (Å²) in [5.41, 5.74) is -0.367. The maximum atomic E-state index is 12.6. The molecule has 2 amide bonds. The lowest BCUT2D eigenvalue weighted by molar-refractivity contribution is -0.144. The number of carboxylic acids is 1. The molecule has 0 bridgehead atoms. The summed E-state index contributed by atoms with van der Waals surface area (Å²) in [6, 6.07) is 5.18. The number of halogens is 1. The number of ether oxygens (including phenoxy) is 1. The molecule has 1 saturated heterocycles. The van der Waals surface area contributed by atoms with Gasteiger partial charge in [-0.3, -0.25) is 4.79 Å². The zero-order valence-corrected chi connectivity index (χ0v) is 15.1. The van der Waals surface area contributed by atoms with E-state index in [1.54, 1.807) is 39.0 Å². The second kappa shape index (κ2) is 7.31. The Labute approximate surface area is 151 Å². The van der Waals surface area contributed by atoms with Crippen molar-refractivity contribution in [1.82, 2.24) is 9.80 Å². The Hall–Kier alpha value is -2.28. The maximum absolute atomic E-state index is 12.6. The SMILES string of the molecule is CC(C)(C)OC(=O)N1CCN(C(=O)c2cccc(Cl)c2)[C@@H](C(=O)O)C1. The number of benzene rings is 1. The zero-order valence-electron chi connectivity index (χ0n) is 14.4. The highest BCUT2D eigenvalue weighted by atomic mass is 35.5. The van der Waals surface area contributed by atoms with Gasteiger partial charge in [0.05, 0.1) is 6.54 Å². The molecule has 136 valence electrons. The second-order valence-electron chi connectivity index (χ2n) is 6.79. The summed E-state index contributed by atoms with van der Waals surface area (Å²) in [5, 5.41) is 9.89. The molecule has 2 rings (SSSR count). The highest BCUT2D eigenvalue weighted by Gasteiger charge is 2.38. The first-order valence-electron chi connectivity index (χ1n) is 7.86. The number of carbonyl (C=O) groups excluding carboxylic acids is 2. The monoisotopic (exact) mass is 368 g/mol. The lowest BCUT2D eigenvalue weighted by atomic mass is 10.1. The van der Waals surface area contributed by atoms with Gasteiger partial charge in [-0.05, 0) is 39.0 Å². The van der Waals surface area contributed by atoms with Crippen LogP contribution in [0.5, 0.6) is 0 Å². The van der Waals surface area contributed by atoms with Crippen molar-refractivity contribution >= 4 is 29.6 Å².